The van der Waals surface area contributed by atoms with Crippen molar-refractivity contribution in [1.82, 2.24) is 0 Å². The van der Waals surface area contributed by atoms with E-state index in [4.69, 9.17) is 0 Å². The molecule has 0 fully saturated rings. The Hall–Kier alpha value is -1.83. The second kappa shape index (κ2) is 3.50. The van der Waals surface area contributed by atoms with E-state index in [0.29, 0.717) is 0 Å². The standard InChI is InChI=1S/C12H9O2/c13-12(14)8-10-6-3-5-9-4-1-2-7-11(9)10/h1-7H,8H2. The Morgan fingerprint density at radius 2 is 1.71 bits per heavy atom. The van der Waals surface area contributed by atoms with Crippen molar-refractivity contribution in [3.05, 3.63) is 48.0 Å². The molecule has 69 valence electrons. The summed E-state index contributed by atoms with van der Waals surface area (Å²) in [6.45, 7) is 0. The predicted octanol–water partition coefficient (Wildman–Crippen LogP) is 2.34. The fraction of sp³-hybridized carbons (Fsp3) is 0.0833. The molecule has 14 heavy (non-hydrogen) atoms. The SMILES string of the molecule is [O]C(=O)Cc1cccc2ccccc12. The smallest absolute Gasteiger partial charge is 0.247 e. The molecule has 0 saturated heterocycles. The van der Waals surface area contributed by atoms with Crippen molar-refractivity contribution < 1.29 is 9.90 Å². The van der Waals surface area contributed by atoms with Crippen molar-refractivity contribution in [2.75, 3.05) is 0 Å². The molecule has 2 heteroatoms. The quantitative estimate of drug-likeness (QED) is 0.707. The normalized spacial score (nSPS) is 10.3. The molecule has 0 N–H and O–H groups in total. The zero-order chi connectivity index (χ0) is 9.97. The Labute approximate surface area is 81.8 Å². The first-order chi connectivity index (χ1) is 6.77. The van der Waals surface area contributed by atoms with Crippen LogP contribution in [0, 0.1) is 0 Å². The zero-order valence-corrected chi connectivity index (χ0v) is 7.57. The van der Waals surface area contributed by atoms with Gasteiger partial charge in [0.15, 0.2) is 0 Å². The van der Waals surface area contributed by atoms with Gasteiger partial charge in [0.25, 0.3) is 0 Å². The molecule has 2 nitrogen and oxygen atoms in total. The lowest BCUT2D eigenvalue weighted by Gasteiger charge is -2.02. The summed E-state index contributed by atoms with van der Waals surface area (Å²) in [7, 11) is 0. The van der Waals surface area contributed by atoms with Crippen molar-refractivity contribution in [3.63, 3.8) is 0 Å². The van der Waals surface area contributed by atoms with Crippen molar-refractivity contribution in [2.24, 2.45) is 0 Å². The molecule has 0 aliphatic rings. The van der Waals surface area contributed by atoms with Gasteiger partial charge in [-0.1, -0.05) is 42.5 Å². The Morgan fingerprint density at radius 3 is 2.50 bits per heavy atom. The van der Waals surface area contributed by atoms with E-state index < -0.39 is 5.97 Å². The summed E-state index contributed by atoms with van der Waals surface area (Å²) in [5.74, 6) is -1.04. The molecule has 0 atom stereocenters. The minimum Gasteiger partial charge on any atom is -0.247 e. The molecule has 0 unspecified atom stereocenters. The third-order valence-electron chi connectivity index (χ3n) is 2.21. The van der Waals surface area contributed by atoms with Crippen LogP contribution in [0.4, 0.5) is 0 Å². The monoisotopic (exact) mass is 185 g/mol. The van der Waals surface area contributed by atoms with E-state index in [1.165, 1.54) is 0 Å². The first kappa shape index (κ1) is 8.75. The number of benzene rings is 2. The Kier molecular flexibility index (Phi) is 2.19. The van der Waals surface area contributed by atoms with Gasteiger partial charge in [-0.25, -0.2) is 9.90 Å². The Bertz CT molecular complexity index is 469. The van der Waals surface area contributed by atoms with Gasteiger partial charge >= 0.3 is 5.97 Å². The molecular weight excluding hydrogens is 176 g/mol. The van der Waals surface area contributed by atoms with Gasteiger partial charge in [-0.05, 0) is 16.3 Å². The first-order valence-corrected chi connectivity index (χ1v) is 4.44. The van der Waals surface area contributed by atoms with E-state index >= 15 is 0 Å². The van der Waals surface area contributed by atoms with Gasteiger partial charge in [-0.15, -0.1) is 0 Å². The Morgan fingerprint density at radius 1 is 1.00 bits per heavy atom. The lowest BCUT2D eigenvalue weighted by molar-refractivity contribution is -0.142. The van der Waals surface area contributed by atoms with Gasteiger partial charge in [0, 0.05) is 0 Å². The highest BCUT2D eigenvalue weighted by Crippen LogP contribution is 2.18. The molecule has 0 aromatic heterocycles. The molecule has 0 amide bonds. The molecular formula is C12H9O2. The van der Waals surface area contributed by atoms with Gasteiger partial charge in [0.1, 0.15) is 0 Å². The average Bonchev–Trinajstić information content (AvgIpc) is 2.18. The number of hydrogen-bond acceptors (Lipinski definition) is 1. The van der Waals surface area contributed by atoms with E-state index in [-0.39, 0.29) is 6.42 Å². The number of fused-ring (bicyclic) bond motifs is 1. The van der Waals surface area contributed by atoms with E-state index in [9.17, 15) is 9.90 Å². The average molecular weight is 185 g/mol. The van der Waals surface area contributed by atoms with Crippen LogP contribution in [-0.4, -0.2) is 5.97 Å². The van der Waals surface area contributed by atoms with Crippen LogP contribution in [0.25, 0.3) is 10.8 Å². The lowest BCUT2D eigenvalue weighted by Crippen LogP contribution is -1.98. The molecule has 2 aromatic rings. The molecule has 0 spiro atoms. The maximum Gasteiger partial charge on any atom is 0.359 e. The highest BCUT2D eigenvalue weighted by molar-refractivity contribution is 5.88. The predicted molar refractivity (Wildman–Crippen MR) is 53.3 cm³/mol. The summed E-state index contributed by atoms with van der Waals surface area (Å²) in [4.78, 5) is 10.5. The van der Waals surface area contributed by atoms with Crippen molar-refractivity contribution >= 4 is 16.7 Å². The van der Waals surface area contributed by atoms with Crippen LogP contribution in [0.5, 0.6) is 0 Å². The zero-order valence-electron chi connectivity index (χ0n) is 7.57. The van der Waals surface area contributed by atoms with Crippen LogP contribution in [0.15, 0.2) is 42.5 Å². The van der Waals surface area contributed by atoms with Crippen LogP contribution in [0.1, 0.15) is 5.56 Å². The number of carbonyl (C=O) groups is 1. The molecule has 1 radical (unpaired) electrons. The van der Waals surface area contributed by atoms with E-state index in [0.717, 1.165) is 16.3 Å². The number of rotatable bonds is 2. The van der Waals surface area contributed by atoms with Crippen LogP contribution in [-0.2, 0) is 16.3 Å². The Balaban J connectivity index is 2.59. The third kappa shape index (κ3) is 1.59. The minimum absolute atomic E-state index is 0.0264. The van der Waals surface area contributed by atoms with E-state index in [1.807, 2.05) is 42.5 Å². The molecule has 0 aliphatic heterocycles. The first-order valence-electron chi connectivity index (χ1n) is 4.44. The molecule has 0 aliphatic carbocycles. The van der Waals surface area contributed by atoms with Gasteiger partial charge in [-0.2, -0.15) is 0 Å². The van der Waals surface area contributed by atoms with Gasteiger partial charge < -0.3 is 0 Å². The fourth-order valence-corrected chi connectivity index (χ4v) is 1.60. The van der Waals surface area contributed by atoms with Gasteiger partial charge in [0.05, 0.1) is 6.42 Å². The van der Waals surface area contributed by atoms with Gasteiger partial charge in [0.2, 0.25) is 0 Å². The van der Waals surface area contributed by atoms with Crippen LogP contribution >= 0.6 is 0 Å². The lowest BCUT2D eigenvalue weighted by atomic mass is 10.0. The second-order valence-corrected chi connectivity index (χ2v) is 3.19. The number of carbonyl (C=O) groups excluding carboxylic acids is 1. The molecule has 2 aromatic carbocycles. The van der Waals surface area contributed by atoms with Crippen LogP contribution in [0.2, 0.25) is 0 Å². The van der Waals surface area contributed by atoms with Crippen LogP contribution in [0.3, 0.4) is 0 Å². The summed E-state index contributed by atoms with van der Waals surface area (Å²) in [5.41, 5.74) is 0.808. The topological polar surface area (TPSA) is 37.0 Å². The summed E-state index contributed by atoms with van der Waals surface area (Å²) in [6, 6.07) is 13.4. The van der Waals surface area contributed by atoms with Gasteiger partial charge in [-0.3, -0.25) is 0 Å². The fourth-order valence-electron chi connectivity index (χ4n) is 1.60. The maximum atomic E-state index is 10.5. The third-order valence-corrected chi connectivity index (χ3v) is 2.21. The highest BCUT2D eigenvalue weighted by Gasteiger charge is 2.05. The van der Waals surface area contributed by atoms with Crippen molar-refractivity contribution in [2.45, 2.75) is 6.42 Å². The minimum atomic E-state index is -1.04. The summed E-state index contributed by atoms with van der Waals surface area (Å²) >= 11 is 0. The largest absolute Gasteiger partial charge is 0.359 e. The molecule has 0 heterocycles. The maximum absolute atomic E-state index is 10.5. The molecule has 2 rings (SSSR count). The summed E-state index contributed by atoms with van der Waals surface area (Å²) < 4.78 is 0. The second-order valence-electron chi connectivity index (χ2n) is 3.19. The molecule has 0 bridgehead atoms. The highest BCUT2D eigenvalue weighted by atomic mass is 16.4. The molecule has 0 saturated carbocycles. The van der Waals surface area contributed by atoms with E-state index in [2.05, 4.69) is 0 Å². The summed E-state index contributed by atoms with van der Waals surface area (Å²) in [5, 5.41) is 12.5. The van der Waals surface area contributed by atoms with Crippen molar-refractivity contribution in [3.8, 4) is 0 Å². The number of hydrogen-bond donors (Lipinski definition) is 0. The van der Waals surface area contributed by atoms with Crippen molar-refractivity contribution in [1.29, 1.82) is 0 Å². The summed E-state index contributed by atoms with van der Waals surface area (Å²) in [6.07, 6.45) is -0.0264. The van der Waals surface area contributed by atoms with Crippen LogP contribution < -0.4 is 0 Å². The van der Waals surface area contributed by atoms with E-state index in [1.54, 1.807) is 0 Å².